The summed E-state index contributed by atoms with van der Waals surface area (Å²) in [4.78, 5) is 27.2. The van der Waals surface area contributed by atoms with E-state index in [-0.39, 0.29) is 12.0 Å². The molecule has 1 saturated heterocycles. The van der Waals surface area contributed by atoms with Crippen LogP contribution in [0.3, 0.4) is 0 Å². The van der Waals surface area contributed by atoms with Crippen molar-refractivity contribution in [2.75, 3.05) is 46.1 Å². The van der Waals surface area contributed by atoms with Gasteiger partial charge in [0.25, 0.3) is 5.91 Å². The van der Waals surface area contributed by atoms with E-state index in [0.29, 0.717) is 43.2 Å². The first kappa shape index (κ1) is 15.0. The fraction of sp³-hybridized carbons (Fsp3) is 0.429. The van der Waals surface area contributed by atoms with Crippen molar-refractivity contribution >= 4 is 17.7 Å². The molecule has 0 bridgehead atoms. The van der Waals surface area contributed by atoms with Crippen molar-refractivity contribution in [3.63, 3.8) is 0 Å². The van der Waals surface area contributed by atoms with Gasteiger partial charge in [0.05, 0.1) is 14.2 Å². The second-order valence-electron chi connectivity index (χ2n) is 4.67. The van der Waals surface area contributed by atoms with Gasteiger partial charge < -0.3 is 25.0 Å². The molecular weight excluding hydrogens is 274 g/mol. The topological polar surface area (TPSA) is 85.1 Å². The summed E-state index contributed by atoms with van der Waals surface area (Å²) in [6.45, 7) is 1.75. The summed E-state index contributed by atoms with van der Waals surface area (Å²) in [5.41, 5.74) is 6.64. The number of benzene rings is 1. The number of piperazine rings is 1. The molecule has 2 N–H and O–H groups in total. The SMILES string of the molecule is COC(=O)N1CCN(C(=O)c2c(N)cccc2OC)CC1. The van der Waals surface area contributed by atoms with Gasteiger partial charge in [0.15, 0.2) is 0 Å². The normalized spacial score (nSPS) is 14.8. The number of carbonyl (C=O) groups is 2. The minimum Gasteiger partial charge on any atom is -0.496 e. The lowest BCUT2D eigenvalue weighted by Gasteiger charge is -2.34. The van der Waals surface area contributed by atoms with Gasteiger partial charge in [-0.3, -0.25) is 4.79 Å². The van der Waals surface area contributed by atoms with Crippen LogP contribution >= 0.6 is 0 Å². The van der Waals surface area contributed by atoms with Crippen molar-refractivity contribution in [2.45, 2.75) is 0 Å². The largest absolute Gasteiger partial charge is 0.496 e. The van der Waals surface area contributed by atoms with Gasteiger partial charge in [-0.05, 0) is 12.1 Å². The molecule has 1 aliphatic heterocycles. The standard InChI is InChI=1S/C14H19N3O4/c1-20-11-5-3-4-10(15)12(11)13(18)16-6-8-17(9-7-16)14(19)21-2/h3-5H,6-9,15H2,1-2H3. The molecule has 1 aliphatic rings. The molecule has 2 amide bonds. The van der Waals surface area contributed by atoms with Crippen LogP contribution < -0.4 is 10.5 Å². The molecule has 21 heavy (non-hydrogen) atoms. The Morgan fingerprint density at radius 1 is 1.10 bits per heavy atom. The summed E-state index contributed by atoms with van der Waals surface area (Å²) in [5, 5.41) is 0. The van der Waals surface area contributed by atoms with Crippen LogP contribution in [0.15, 0.2) is 18.2 Å². The summed E-state index contributed by atoms with van der Waals surface area (Å²) >= 11 is 0. The van der Waals surface area contributed by atoms with E-state index >= 15 is 0 Å². The molecule has 1 fully saturated rings. The van der Waals surface area contributed by atoms with Gasteiger partial charge in [-0.1, -0.05) is 6.07 Å². The maximum Gasteiger partial charge on any atom is 0.409 e. The van der Waals surface area contributed by atoms with Crippen LogP contribution in [-0.4, -0.2) is 62.2 Å². The van der Waals surface area contributed by atoms with Gasteiger partial charge in [-0.2, -0.15) is 0 Å². The summed E-state index contributed by atoms with van der Waals surface area (Å²) < 4.78 is 9.87. The summed E-state index contributed by atoms with van der Waals surface area (Å²) in [6.07, 6.45) is -0.376. The fourth-order valence-corrected chi connectivity index (χ4v) is 2.33. The van der Waals surface area contributed by atoms with Gasteiger partial charge in [0.2, 0.25) is 0 Å². The van der Waals surface area contributed by atoms with Crippen LogP contribution in [0.1, 0.15) is 10.4 Å². The number of carbonyl (C=O) groups excluding carboxylic acids is 2. The predicted octanol–water partition coefficient (Wildman–Crippen LogP) is 0.802. The second kappa shape index (κ2) is 6.34. The quantitative estimate of drug-likeness (QED) is 0.815. The highest BCUT2D eigenvalue weighted by molar-refractivity contribution is 6.02. The number of hydrogen-bond donors (Lipinski definition) is 1. The number of ether oxygens (including phenoxy) is 2. The highest BCUT2D eigenvalue weighted by atomic mass is 16.5. The van der Waals surface area contributed by atoms with Crippen molar-refractivity contribution in [1.82, 2.24) is 9.80 Å². The Hall–Kier alpha value is -2.44. The fourth-order valence-electron chi connectivity index (χ4n) is 2.33. The lowest BCUT2D eigenvalue weighted by Crippen LogP contribution is -2.50. The number of nitrogen functional groups attached to an aromatic ring is 1. The van der Waals surface area contributed by atoms with Crippen molar-refractivity contribution in [3.8, 4) is 5.75 Å². The Kier molecular flexibility index (Phi) is 4.52. The van der Waals surface area contributed by atoms with Crippen LogP contribution in [0.2, 0.25) is 0 Å². The van der Waals surface area contributed by atoms with Gasteiger partial charge in [-0.15, -0.1) is 0 Å². The molecule has 0 unspecified atom stereocenters. The van der Waals surface area contributed by atoms with E-state index in [1.54, 1.807) is 28.0 Å². The highest BCUT2D eigenvalue weighted by Gasteiger charge is 2.27. The van der Waals surface area contributed by atoms with Crippen molar-refractivity contribution in [2.24, 2.45) is 0 Å². The van der Waals surface area contributed by atoms with E-state index in [2.05, 4.69) is 4.74 Å². The third-order valence-electron chi connectivity index (χ3n) is 3.49. The lowest BCUT2D eigenvalue weighted by molar-refractivity contribution is 0.0598. The molecule has 7 nitrogen and oxygen atoms in total. The maximum absolute atomic E-state index is 12.6. The second-order valence-corrected chi connectivity index (χ2v) is 4.67. The Balaban J connectivity index is 2.11. The first-order valence-electron chi connectivity index (χ1n) is 6.63. The monoisotopic (exact) mass is 293 g/mol. The molecule has 0 aromatic heterocycles. The van der Waals surface area contributed by atoms with Gasteiger partial charge >= 0.3 is 6.09 Å². The molecule has 0 aliphatic carbocycles. The number of hydrogen-bond acceptors (Lipinski definition) is 5. The molecule has 114 valence electrons. The molecule has 1 heterocycles. The first-order valence-corrected chi connectivity index (χ1v) is 6.63. The number of nitrogens with zero attached hydrogens (tertiary/aromatic N) is 2. The Labute approximate surface area is 123 Å². The van der Waals surface area contributed by atoms with Crippen molar-refractivity contribution in [3.05, 3.63) is 23.8 Å². The molecule has 0 spiro atoms. The van der Waals surface area contributed by atoms with E-state index in [9.17, 15) is 9.59 Å². The van der Waals surface area contributed by atoms with E-state index in [0.717, 1.165) is 0 Å². The molecular formula is C14H19N3O4. The maximum atomic E-state index is 12.6. The Morgan fingerprint density at radius 2 is 1.71 bits per heavy atom. The van der Waals surface area contributed by atoms with Crippen molar-refractivity contribution < 1.29 is 19.1 Å². The van der Waals surface area contributed by atoms with Crippen LogP contribution in [-0.2, 0) is 4.74 Å². The van der Waals surface area contributed by atoms with Gasteiger partial charge in [-0.25, -0.2) is 4.79 Å². The molecule has 7 heteroatoms. The van der Waals surface area contributed by atoms with E-state index in [1.165, 1.54) is 14.2 Å². The first-order chi connectivity index (χ1) is 10.1. The number of amides is 2. The van der Waals surface area contributed by atoms with Crippen molar-refractivity contribution in [1.29, 1.82) is 0 Å². The third-order valence-corrected chi connectivity index (χ3v) is 3.49. The third kappa shape index (κ3) is 3.01. The van der Waals surface area contributed by atoms with Crippen LogP contribution in [0, 0.1) is 0 Å². The zero-order chi connectivity index (χ0) is 15.4. The molecule has 0 radical (unpaired) electrons. The molecule has 0 saturated carbocycles. The minimum absolute atomic E-state index is 0.186. The smallest absolute Gasteiger partial charge is 0.409 e. The minimum atomic E-state index is -0.376. The highest BCUT2D eigenvalue weighted by Crippen LogP contribution is 2.26. The summed E-state index contributed by atoms with van der Waals surface area (Å²) in [7, 11) is 2.84. The molecule has 1 aromatic rings. The van der Waals surface area contributed by atoms with Gasteiger partial charge in [0.1, 0.15) is 11.3 Å². The zero-order valence-electron chi connectivity index (χ0n) is 12.2. The number of anilines is 1. The average molecular weight is 293 g/mol. The number of rotatable bonds is 2. The molecule has 2 rings (SSSR count). The number of nitrogens with two attached hydrogens (primary N) is 1. The summed E-state index contributed by atoms with van der Waals surface area (Å²) in [6, 6.07) is 5.11. The molecule has 1 aromatic carbocycles. The van der Waals surface area contributed by atoms with Crippen LogP contribution in [0.25, 0.3) is 0 Å². The van der Waals surface area contributed by atoms with Crippen LogP contribution in [0.5, 0.6) is 5.75 Å². The van der Waals surface area contributed by atoms with E-state index in [1.807, 2.05) is 0 Å². The Morgan fingerprint density at radius 3 is 2.29 bits per heavy atom. The summed E-state index contributed by atoms with van der Waals surface area (Å²) in [5.74, 6) is 0.268. The predicted molar refractivity (Wildman–Crippen MR) is 77.3 cm³/mol. The average Bonchev–Trinajstić information content (AvgIpc) is 2.53. The zero-order valence-corrected chi connectivity index (χ0v) is 12.2. The van der Waals surface area contributed by atoms with E-state index < -0.39 is 0 Å². The lowest BCUT2D eigenvalue weighted by atomic mass is 10.1. The molecule has 0 atom stereocenters. The van der Waals surface area contributed by atoms with E-state index in [4.69, 9.17) is 10.5 Å². The number of methoxy groups -OCH3 is 2. The Bertz CT molecular complexity index is 539. The van der Waals surface area contributed by atoms with Gasteiger partial charge in [0, 0.05) is 31.9 Å². The van der Waals surface area contributed by atoms with Crippen LogP contribution in [0.4, 0.5) is 10.5 Å².